The predicted molar refractivity (Wildman–Crippen MR) is 122 cm³/mol. The van der Waals surface area contributed by atoms with E-state index in [2.05, 4.69) is 15.6 Å². The van der Waals surface area contributed by atoms with Crippen LogP contribution in [0.1, 0.15) is 44.9 Å². The van der Waals surface area contributed by atoms with Gasteiger partial charge in [-0.1, -0.05) is 0 Å². The Morgan fingerprint density at radius 1 is 0.939 bits per heavy atom. The van der Waals surface area contributed by atoms with Crippen LogP contribution in [0.5, 0.6) is 0 Å². The third kappa shape index (κ3) is 8.88. The molecule has 13 heteroatoms. The molecule has 6 unspecified atom stereocenters. The lowest BCUT2D eigenvalue weighted by Crippen LogP contribution is -2.49. The number of rotatable bonds is 9. The highest BCUT2D eigenvalue weighted by molar-refractivity contribution is 6.23. The molecule has 6 atom stereocenters. The van der Waals surface area contributed by atoms with Gasteiger partial charge < -0.3 is 32.3 Å². The molecule has 0 aromatic heterocycles. The fourth-order valence-corrected chi connectivity index (χ4v) is 5.64. The number of carbonyl (C=O) groups excluding carboxylic acids is 2. The summed E-state index contributed by atoms with van der Waals surface area (Å²) < 4.78 is 0. The van der Waals surface area contributed by atoms with Crippen LogP contribution in [0.15, 0.2) is 4.99 Å². The number of hydrogen-bond acceptors (Lipinski definition) is 5. The number of carboxylic acids is 2. The van der Waals surface area contributed by atoms with Gasteiger partial charge in [0, 0.05) is 22.7 Å². The number of alkyl halides is 2. The molecule has 0 spiro atoms. The number of amides is 2. The van der Waals surface area contributed by atoms with E-state index in [1.807, 2.05) is 0 Å². The Hall–Kier alpha value is -2.27. The average molecular weight is 508 g/mol. The second-order valence-electron chi connectivity index (χ2n) is 8.80. The van der Waals surface area contributed by atoms with Crippen LogP contribution >= 0.6 is 23.2 Å². The summed E-state index contributed by atoms with van der Waals surface area (Å²) in [5, 5.41) is 23.4. The van der Waals surface area contributed by atoms with Crippen LogP contribution in [0, 0.1) is 17.8 Å². The summed E-state index contributed by atoms with van der Waals surface area (Å²) in [6.07, 6.45) is 1.97. The van der Waals surface area contributed by atoms with Crippen LogP contribution in [0.25, 0.3) is 0 Å². The molecule has 2 rings (SSSR count). The lowest BCUT2D eigenvalue weighted by molar-refractivity contribution is -0.144. The maximum Gasteiger partial charge on any atom is 0.306 e. The second kappa shape index (κ2) is 12.3. The minimum absolute atomic E-state index is 0.108. The molecule has 0 aromatic rings. The molecule has 0 aliphatic heterocycles. The van der Waals surface area contributed by atoms with Crippen LogP contribution in [0.4, 0.5) is 0 Å². The number of nitrogens with one attached hydrogen (secondary N) is 2. The van der Waals surface area contributed by atoms with E-state index in [1.165, 1.54) is 0 Å². The molecule has 2 fully saturated rings. The first-order valence-corrected chi connectivity index (χ1v) is 11.7. The Kier molecular flexibility index (Phi) is 10.0. The first-order chi connectivity index (χ1) is 15.4. The van der Waals surface area contributed by atoms with Gasteiger partial charge in [-0.05, 0) is 44.4 Å². The minimum Gasteiger partial charge on any atom is -0.481 e. The van der Waals surface area contributed by atoms with Crippen molar-refractivity contribution in [2.45, 2.75) is 67.8 Å². The Morgan fingerprint density at radius 2 is 1.55 bits per heavy atom. The number of aliphatic imine (C=N–C) groups is 1. The van der Waals surface area contributed by atoms with Gasteiger partial charge in [0.25, 0.3) is 0 Å². The first-order valence-electron chi connectivity index (χ1n) is 10.8. The number of halogens is 2. The number of nitrogens with zero attached hydrogens (tertiary/aromatic N) is 1. The van der Waals surface area contributed by atoms with E-state index >= 15 is 0 Å². The minimum atomic E-state index is -1.07. The number of aliphatic carboxylic acids is 2. The number of carboxylic acid groups (broad SMARTS) is 2. The van der Waals surface area contributed by atoms with Gasteiger partial charge in [-0.15, -0.1) is 23.2 Å². The van der Waals surface area contributed by atoms with Crippen molar-refractivity contribution < 1.29 is 29.4 Å². The van der Waals surface area contributed by atoms with Crippen molar-refractivity contribution in [2.75, 3.05) is 6.54 Å². The fraction of sp³-hybridized carbons (Fsp3) is 0.750. The smallest absolute Gasteiger partial charge is 0.306 e. The zero-order valence-corrected chi connectivity index (χ0v) is 19.6. The van der Waals surface area contributed by atoms with E-state index in [-0.39, 0.29) is 54.9 Å². The van der Waals surface area contributed by atoms with Gasteiger partial charge in [0.1, 0.15) is 0 Å². The Balaban J connectivity index is 1.95. The molecule has 186 valence electrons. The van der Waals surface area contributed by atoms with Crippen LogP contribution in [0.2, 0.25) is 0 Å². The summed E-state index contributed by atoms with van der Waals surface area (Å²) in [5.41, 5.74) is 10.8. The molecule has 33 heavy (non-hydrogen) atoms. The summed E-state index contributed by atoms with van der Waals surface area (Å²) in [6.45, 7) is -0.378. The average Bonchev–Trinajstić information content (AvgIpc) is 2.69. The summed E-state index contributed by atoms with van der Waals surface area (Å²) >= 11 is 12.4. The summed E-state index contributed by atoms with van der Waals surface area (Å²) in [7, 11) is 0. The standard InChI is InChI=1S/C20H31Cl2N5O6/c21-12-2-9(3-13(22)6-12)15(7-17(29)30)27-16(28)8-25-18(31)10-1-11(19(32)33)5-14(4-10)26-20(23)24/h9-15H,1-8H2,(H,25,31)(H,27,28)(H,29,30)(H,32,33)(H4,23,24,26). The highest BCUT2D eigenvalue weighted by atomic mass is 35.5. The maximum absolute atomic E-state index is 12.6. The molecule has 2 aliphatic rings. The van der Waals surface area contributed by atoms with Crippen molar-refractivity contribution in [3.05, 3.63) is 0 Å². The van der Waals surface area contributed by atoms with E-state index in [0.717, 1.165) is 0 Å². The predicted octanol–water partition coefficient (Wildman–Crippen LogP) is 0.220. The summed E-state index contributed by atoms with van der Waals surface area (Å²) in [4.78, 5) is 51.9. The Labute approximate surface area is 201 Å². The molecule has 0 saturated heterocycles. The van der Waals surface area contributed by atoms with Crippen molar-refractivity contribution in [3.63, 3.8) is 0 Å². The van der Waals surface area contributed by atoms with E-state index in [4.69, 9.17) is 34.7 Å². The second-order valence-corrected chi connectivity index (χ2v) is 10.0. The normalized spacial score (nSPS) is 30.5. The van der Waals surface area contributed by atoms with E-state index in [1.54, 1.807) is 0 Å². The molecular formula is C20H31Cl2N5O6. The maximum atomic E-state index is 12.6. The van der Waals surface area contributed by atoms with Crippen molar-refractivity contribution >= 4 is 52.9 Å². The van der Waals surface area contributed by atoms with Gasteiger partial charge in [0.05, 0.1) is 24.9 Å². The lowest BCUT2D eigenvalue weighted by Gasteiger charge is -2.34. The number of nitrogens with two attached hydrogens (primary N) is 2. The molecule has 0 radical (unpaired) electrons. The zero-order valence-electron chi connectivity index (χ0n) is 18.1. The van der Waals surface area contributed by atoms with Gasteiger partial charge in [0.2, 0.25) is 11.8 Å². The van der Waals surface area contributed by atoms with Gasteiger partial charge in [-0.3, -0.25) is 24.2 Å². The van der Waals surface area contributed by atoms with Crippen LogP contribution in [-0.4, -0.2) is 69.3 Å². The molecule has 2 saturated carbocycles. The van der Waals surface area contributed by atoms with Gasteiger partial charge in [-0.25, -0.2) is 0 Å². The summed E-state index contributed by atoms with van der Waals surface area (Å²) in [5.74, 6) is -4.99. The molecule has 2 amide bonds. The zero-order chi connectivity index (χ0) is 24.7. The SMILES string of the molecule is NC(N)=NC1CC(C(=O)O)CC(C(=O)NCC(=O)NC(CC(=O)O)C2CC(Cl)CC(Cl)C2)C1. The molecule has 0 aromatic carbocycles. The van der Waals surface area contributed by atoms with Crippen molar-refractivity contribution in [2.24, 2.45) is 34.2 Å². The van der Waals surface area contributed by atoms with E-state index in [9.17, 15) is 29.4 Å². The highest BCUT2D eigenvalue weighted by Crippen LogP contribution is 2.34. The highest BCUT2D eigenvalue weighted by Gasteiger charge is 2.37. The van der Waals surface area contributed by atoms with Gasteiger partial charge >= 0.3 is 11.9 Å². The Bertz CT molecular complexity index is 768. The molecule has 0 heterocycles. The first kappa shape index (κ1) is 27.0. The lowest BCUT2D eigenvalue weighted by atomic mass is 9.78. The van der Waals surface area contributed by atoms with Crippen molar-refractivity contribution in [3.8, 4) is 0 Å². The Morgan fingerprint density at radius 3 is 2.09 bits per heavy atom. The third-order valence-electron chi connectivity index (χ3n) is 6.10. The van der Waals surface area contributed by atoms with Crippen molar-refractivity contribution in [1.29, 1.82) is 0 Å². The van der Waals surface area contributed by atoms with Crippen LogP contribution < -0.4 is 22.1 Å². The number of hydrogen-bond donors (Lipinski definition) is 6. The number of carbonyl (C=O) groups is 4. The van der Waals surface area contributed by atoms with Crippen LogP contribution in [0.3, 0.4) is 0 Å². The van der Waals surface area contributed by atoms with Crippen molar-refractivity contribution in [1.82, 2.24) is 10.6 Å². The molecule has 8 N–H and O–H groups in total. The molecule has 0 bridgehead atoms. The molecular weight excluding hydrogens is 477 g/mol. The third-order valence-corrected chi connectivity index (χ3v) is 6.81. The quantitative estimate of drug-likeness (QED) is 0.144. The molecule has 11 nitrogen and oxygen atoms in total. The summed E-state index contributed by atoms with van der Waals surface area (Å²) in [6, 6.07) is -1.18. The van der Waals surface area contributed by atoms with Gasteiger partial charge in [0.15, 0.2) is 5.96 Å². The topological polar surface area (TPSA) is 197 Å². The fourth-order valence-electron chi connectivity index (χ4n) is 4.67. The van der Waals surface area contributed by atoms with E-state index < -0.39 is 47.7 Å². The van der Waals surface area contributed by atoms with Gasteiger partial charge in [-0.2, -0.15) is 0 Å². The number of guanidine groups is 1. The van der Waals surface area contributed by atoms with E-state index in [0.29, 0.717) is 19.3 Å². The largest absolute Gasteiger partial charge is 0.481 e. The molecule has 2 aliphatic carbocycles. The van der Waals surface area contributed by atoms with Crippen LogP contribution in [-0.2, 0) is 19.2 Å². The monoisotopic (exact) mass is 507 g/mol.